The molecule has 1 unspecified atom stereocenters. The molecule has 1 amide bonds. The number of rotatable bonds is 5. The number of pyridine rings is 1. The minimum atomic E-state index is -0.123. The Hall–Kier alpha value is -2.76. The van der Waals surface area contributed by atoms with Crippen molar-refractivity contribution in [1.82, 2.24) is 10.3 Å². The Morgan fingerprint density at radius 3 is 2.75 bits per heavy atom. The summed E-state index contributed by atoms with van der Waals surface area (Å²) >= 11 is 0. The summed E-state index contributed by atoms with van der Waals surface area (Å²) in [7, 11) is 0. The van der Waals surface area contributed by atoms with E-state index < -0.39 is 0 Å². The van der Waals surface area contributed by atoms with Crippen LogP contribution in [0.2, 0.25) is 0 Å². The molecule has 126 valence electrons. The first-order valence-electron chi connectivity index (χ1n) is 8.08. The quantitative estimate of drug-likeness (QED) is 0.883. The minimum absolute atomic E-state index is 0.123. The lowest BCUT2D eigenvalue weighted by Crippen LogP contribution is -2.31. The van der Waals surface area contributed by atoms with E-state index in [4.69, 9.17) is 9.47 Å². The minimum Gasteiger partial charge on any atom is -0.486 e. The molecule has 3 rings (SSSR count). The summed E-state index contributed by atoms with van der Waals surface area (Å²) < 4.78 is 11.1. The van der Waals surface area contributed by atoms with E-state index in [-0.39, 0.29) is 11.9 Å². The molecule has 24 heavy (non-hydrogen) atoms. The van der Waals surface area contributed by atoms with Gasteiger partial charge in [-0.3, -0.25) is 9.78 Å². The summed E-state index contributed by atoms with van der Waals surface area (Å²) in [5.74, 6) is 1.33. The number of carbonyl (C=O) groups excluding carboxylic acids is 1. The summed E-state index contributed by atoms with van der Waals surface area (Å²) in [6.45, 7) is 5.12. The Labute approximate surface area is 141 Å². The largest absolute Gasteiger partial charge is 0.486 e. The molecular formula is C18H21N3O3. The van der Waals surface area contributed by atoms with Crippen LogP contribution < -0.4 is 20.1 Å². The van der Waals surface area contributed by atoms with Crippen molar-refractivity contribution in [3.05, 3.63) is 42.2 Å². The maximum atomic E-state index is 12.2. The van der Waals surface area contributed by atoms with E-state index in [1.54, 1.807) is 18.5 Å². The number of benzene rings is 1. The number of hydrogen-bond donors (Lipinski definition) is 2. The van der Waals surface area contributed by atoms with E-state index >= 15 is 0 Å². The molecule has 0 fully saturated rings. The molecule has 0 spiro atoms. The van der Waals surface area contributed by atoms with E-state index in [1.165, 1.54) is 0 Å². The smallest absolute Gasteiger partial charge is 0.253 e. The standard InChI is InChI=1S/C18H21N3O3/c1-3-12(2)20-18(22)13-8-15(11-19-10-13)21-14-4-5-16-17(9-14)24-7-6-23-16/h4-5,8-12,21H,3,6-7H2,1-2H3,(H,20,22). The fourth-order valence-corrected chi connectivity index (χ4v) is 2.33. The molecule has 2 aromatic rings. The molecule has 2 N–H and O–H groups in total. The number of nitrogens with one attached hydrogen (secondary N) is 2. The zero-order valence-electron chi connectivity index (χ0n) is 13.8. The number of ether oxygens (including phenoxy) is 2. The SMILES string of the molecule is CCC(C)NC(=O)c1cncc(Nc2ccc3c(c2)OCCO3)c1. The third-order valence-electron chi connectivity index (χ3n) is 3.82. The van der Waals surface area contributed by atoms with Crippen molar-refractivity contribution in [3.63, 3.8) is 0 Å². The second-order valence-corrected chi connectivity index (χ2v) is 5.73. The second-order valence-electron chi connectivity index (χ2n) is 5.73. The topological polar surface area (TPSA) is 72.5 Å². The maximum absolute atomic E-state index is 12.2. The number of hydrogen-bond acceptors (Lipinski definition) is 5. The van der Waals surface area contributed by atoms with Crippen LogP contribution in [0.1, 0.15) is 30.6 Å². The third-order valence-corrected chi connectivity index (χ3v) is 3.82. The van der Waals surface area contributed by atoms with Crippen molar-refractivity contribution >= 4 is 17.3 Å². The molecule has 1 atom stereocenters. The molecule has 0 saturated heterocycles. The third kappa shape index (κ3) is 3.76. The van der Waals surface area contributed by atoms with Crippen LogP contribution in [0, 0.1) is 0 Å². The van der Waals surface area contributed by atoms with Gasteiger partial charge in [0.2, 0.25) is 0 Å². The van der Waals surface area contributed by atoms with Gasteiger partial charge >= 0.3 is 0 Å². The van der Waals surface area contributed by atoms with Crippen molar-refractivity contribution < 1.29 is 14.3 Å². The number of anilines is 2. The Kier molecular flexibility index (Phi) is 4.84. The summed E-state index contributed by atoms with van der Waals surface area (Å²) in [6, 6.07) is 7.55. The van der Waals surface area contributed by atoms with Crippen LogP contribution in [0.25, 0.3) is 0 Å². The van der Waals surface area contributed by atoms with Gasteiger partial charge in [0.1, 0.15) is 13.2 Å². The summed E-state index contributed by atoms with van der Waals surface area (Å²) in [5.41, 5.74) is 2.11. The fraction of sp³-hybridized carbons (Fsp3) is 0.333. The predicted octanol–water partition coefficient (Wildman–Crippen LogP) is 3.12. The van der Waals surface area contributed by atoms with Crippen LogP contribution in [-0.2, 0) is 0 Å². The lowest BCUT2D eigenvalue weighted by atomic mass is 10.2. The van der Waals surface area contributed by atoms with E-state index in [9.17, 15) is 4.79 Å². The van der Waals surface area contributed by atoms with Crippen molar-refractivity contribution in [2.45, 2.75) is 26.3 Å². The van der Waals surface area contributed by atoms with Crippen LogP contribution in [0.5, 0.6) is 11.5 Å². The number of carbonyl (C=O) groups is 1. The van der Waals surface area contributed by atoms with E-state index in [0.29, 0.717) is 24.5 Å². The first-order valence-corrected chi connectivity index (χ1v) is 8.08. The van der Waals surface area contributed by atoms with Gasteiger partial charge in [0.05, 0.1) is 17.4 Å². The van der Waals surface area contributed by atoms with Gasteiger partial charge in [0.25, 0.3) is 5.91 Å². The highest BCUT2D eigenvalue weighted by atomic mass is 16.6. The molecule has 2 heterocycles. The molecule has 0 radical (unpaired) electrons. The number of fused-ring (bicyclic) bond motifs is 1. The van der Waals surface area contributed by atoms with Gasteiger partial charge in [-0.25, -0.2) is 0 Å². The molecule has 6 heteroatoms. The molecule has 1 aliphatic rings. The molecule has 1 aromatic carbocycles. The lowest BCUT2D eigenvalue weighted by molar-refractivity contribution is 0.0939. The highest BCUT2D eigenvalue weighted by molar-refractivity contribution is 5.95. The Bertz CT molecular complexity index is 733. The number of nitrogens with zero attached hydrogens (tertiary/aromatic N) is 1. The summed E-state index contributed by atoms with van der Waals surface area (Å²) in [5, 5.41) is 6.17. The number of aromatic nitrogens is 1. The van der Waals surface area contributed by atoms with Gasteiger partial charge in [-0.15, -0.1) is 0 Å². The molecule has 1 aromatic heterocycles. The normalized spacial score (nSPS) is 13.9. The van der Waals surface area contributed by atoms with Crippen molar-refractivity contribution in [2.75, 3.05) is 18.5 Å². The average Bonchev–Trinajstić information content (AvgIpc) is 2.61. The first kappa shape index (κ1) is 16.1. The molecule has 0 bridgehead atoms. The van der Waals surface area contributed by atoms with E-state index in [2.05, 4.69) is 15.6 Å². The maximum Gasteiger partial charge on any atom is 0.253 e. The lowest BCUT2D eigenvalue weighted by Gasteiger charge is -2.19. The average molecular weight is 327 g/mol. The van der Waals surface area contributed by atoms with Crippen LogP contribution in [0.4, 0.5) is 11.4 Å². The predicted molar refractivity (Wildman–Crippen MR) is 92.2 cm³/mol. The number of amides is 1. The molecule has 6 nitrogen and oxygen atoms in total. The second kappa shape index (κ2) is 7.21. The Balaban J connectivity index is 1.74. The van der Waals surface area contributed by atoms with E-state index in [0.717, 1.165) is 23.5 Å². The Morgan fingerprint density at radius 1 is 1.17 bits per heavy atom. The van der Waals surface area contributed by atoms with Gasteiger partial charge in [-0.1, -0.05) is 6.92 Å². The van der Waals surface area contributed by atoms with Gasteiger partial charge in [0, 0.05) is 24.0 Å². The molecule has 1 aliphatic heterocycles. The summed E-state index contributed by atoms with van der Waals surface area (Å²) in [4.78, 5) is 16.3. The Morgan fingerprint density at radius 2 is 1.96 bits per heavy atom. The highest BCUT2D eigenvalue weighted by Crippen LogP contribution is 2.33. The van der Waals surface area contributed by atoms with Crippen LogP contribution in [0.3, 0.4) is 0 Å². The van der Waals surface area contributed by atoms with Crippen molar-refractivity contribution in [2.24, 2.45) is 0 Å². The first-order chi connectivity index (χ1) is 11.7. The molecule has 0 saturated carbocycles. The van der Waals surface area contributed by atoms with E-state index in [1.807, 2.05) is 32.0 Å². The van der Waals surface area contributed by atoms with Crippen LogP contribution >= 0.6 is 0 Å². The van der Waals surface area contributed by atoms with Crippen LogP contribution in [-0.4, -0.2) is 30.1 Å². The molecular weight excluding hydrogens is 306 g/mol. The van der Waals surface area contributed by atoms with Crippen molar-refractivity contribution in [3.8, 4) is 11.5 Å². The van der Waals surface area contributed by atoms with Gasteiger partial charge < -0.3 is 20.1 Å². The highest BCUT2D eigenvalue weighted by Gasteiger charge is 2.13. The van der Waals surface area contributed by atoms with Gasteiger partial charge in [-0.2, -0.15) is 0 Å². The van der Waals surface area contributed by atoms with Crippen molar-refractivity contribution in [1.29, 1.82) is 0 Å². The van der Waals surface area contributed by atoms with Crippen LogP contribution in [0.15, 0.2) is 36.7 Å². The van der Waals surface area contributed by atoms with Gasteiger partial charge in [0.15, 0.2) is 11.5 Å². The summed E-state index contributed by atoms with van der Waals surface area (Å²) in [6.07, 6.45) is 4.12. The van der Waals surface area contributed by atoms with Gasteiger partial charge in [-0.05, 0) is 31.5 Å². The monoisotopic (exact) mass is 327 g/mol. The zero-order chi connectivity index (χ0) is 16.9. The fourth-order valence-electron chi connectivity index (χ4n) is 2.33. The molecule has 0 aliphatic carbocycles. The zero-order valence-corrected chi connectivity index (χ0v) is 13.8.